The Morgan fingerprint density at radius 3 is 2.35 bits per heavy atom. The zero-order chi connectivity index (χ0) is 14.8. The van der Waals surface area contributed by atoms with Crippen LogP contribution < -0.4 is 11.3 Å². The molecule has 0 radical (unpaired) electrons. The smallest absolute Gasteiger partial charge is 0.271 e. The Morgan fingerprint density at radius 2 is 1.90 bits per heavy atom. The molecule has 3 N–H and O–H groups in total. The van der Waals surface area contributed by atoms with Gasteiger partial charge in [0.2, 0.25) is 0 Å². The monoisotopic (exact) mass is 300 g/mol. The van der Waals surface area contributed by atoms with Crippen molar-refractivity contribution in [1.29, 1.82) is 0 Å². The van der Waals surface area contributed by atoms with E-state index in [0.717, 1.165) is 23.3 Å². The number of nitrogens with two attached hydrogens (primary N) is 1. The highest BCUT2D eigenvalue weighted by molar-refractivity contribution is 7.10. The lowest BCUT2D eigenvalue weighted by atomic mass is 10.0. The van der Waals surface area contributed by atoms with E-state index in [1.807, 2.05) is 18.4 Å². The minimum atomic E-state index is -4.30. The van der Waals surface area contributed by atoms with Gasteiger partial charge >= 0.3 is 6.18 Å². The van der Waals surface area contributed by atoms with Gasteiger partial charge in [0, 0.05) is 4.88 Å². The molecule has 2 nitrogen and oxygen atoms in total. The Morgan fingerprint density at radius 1 is 1.25 bits per heavy atom. The van der Waals surface area contributed by atoms with Crippen LogP contribution in [0.4, 0.5) is 13.2 Å². The predicted octanol–water partition coefficient (Wildman–Crippen LogP) is 3.82. The summed E-state index contributed by atoms with van der Waals surface area (Å²) in [5.41, 5.74) is 3.94. The molecule has 2 aromatic rings. The molecule has 1 heterocycles. The largest absolute Gasteiger partial charge is 0.416 e. The molecule has 0 amide bonds. The van der Waals surface area contributed by atoms with Gasteiger partial charge in [0.25, 0.3) is 0 Å². The van der Waals surface area contributed by atoms with Crippen LogP contribution in [0.3, 0.4) is 0 Å². The molecule has 1 aromatic carbocycles. The molecule has 6 heteroatoms. The van der Waals surface area contributed by atoms with E-state index in [2.05, 4.69) is 5.43 Å². The quantitative estimate of drug-likeness (QED) is 0.665. The maximum absolute atomic E-state index is 12.5. The van der Waals surface area contributed by atoms with Gasteiger partial charge in [-0.2, -0.15) is 13.2 Å². The van der Waals surface area contributed by atoms with Crippen molar-refractivity contribution in [3.63, 3.8) is 0 Å². The van der Waals surface area contributed by atoms with Crippen LogP contribution in [0.1, 0.15) is 27.6 Å². The lowest BCUT2D eigenvalue weighted by Crippen LogP contribution is -2.29. The number of hydrogen-bond donors (Lipinski definition) is 2. The summed E-state index contributed by atoms with van der Waals surface area (Å²) in [7, 11) is 0. The Hall–Kier alpha value is -1.37. The van der Waals surface area contributed by atoms with Gasteiger partial charge in [-0.25, -0.2) is 0 Å². The van der Waals surface area contributed by atoms with E-state index in [-0.39, 0.29) is 6.04 Å². The zero-order valence-corrected chi connectivity index (χ0v) is 11.7. The van der Waals surface area contributed by atoms with Crippen LogP contribution in [-0.4, -0.2) is 0 Å². The highest BCUT2D eigenvalue weighted by Gasteiger charge is 2.30. The fourth-order valence-corrected chi connectivity index (χ4v) is 2.74. The Balaban J connectivity index is 2.12. The third-order valence-electron chi connectivity index (χ3n) is 3.08. The minimum Gasteiger partial charge on any atom is -0.271 e. The van der Waals surface area contributed by atoms with Gasteiger partial charge in [0.15, 0.2) is 0 Å². The van der Waals surface area contributed by atoms with Crippen molar-refractivity contribution in [3.05, 3.63) is 57.3 Å². The highest BCUT2D eigenvalue weighted by atomic mass is 32.1. The molecule has 0 aliphatic heterocycles. The van der Waals surface area contributed by atoms with E-state index in [9.17, 15) is 13.2 Å². The molecule has 20 heavy (non-hydrogen) atoms. The van der Waals surface area contributed by atoms with E-state index in [1.165, 1.54) is 17.0 Å². The summed E-state index contributed by atoms with van der Waals surface area (Å²) < 4.78 is 37.5. The highest BCUT2D eigenvalue weighted by Crippen LogP contribution is 2.30. The lowest BCUT2D eigenvalue weighted by molar-refractivity contribution is -0.137. The van der Waals surface area contributed by atoms with Crippen molar-refractivity contribution < 1.29 is 13.2 Å². The second-order valence-corrected chi connectivity index (χ2v) is 5.72. The third-order valence-corrected chi connectivity index (χ3v) is 3.96. The summed E-state index contributed by atoms with van der Waals surface area (Å²) in [5, 5.41) is 2.00. The Bertz CT molecular complexity index is 561. The summed E-state index contributed by atoms with van der Waals surface area (Å²) in [4.78, 5) is 1.17. The van der Waals surface area contributed by atoms with Gasteiger partial charge in [-0.05, 0) is 48.1 Å². The summed E-state index contributed by atoms with van der Waals surface area (Å²) in [6, 6.07) is 7.11. The van der Waals surface area contributed by atoms with Crippen LogP contribution in [0.25, 0.3) is 0 Å². The van der Waals surface area contributed by atoms with E-state index in [0.29, 0.717) is 6.42 Å². The van der Waals surface area contributed by atoms with Gasteiger partial charge in [0.05, 0.1) is 11.6 Å². The second-order valence-electron chi connectivity index (χ2n) is 4.61. The van der Waals surface area contributed by atoms with Crippen LogP contribution in [-0.2, 0) is 12.6 Å². The van der Waals surface area contributed by atoms with Crippen molar-refractivity contribution in [2.75, 3.05) is 0 Å². The molecule has 0 aliphatic rings. The van der Waals surface area contributed by atoms with E-state index < -0.39 is 11.7 Å². The molecule has 0 bridgehead atoms. The zero-order valence-electron chi connectivity index (χ0n) is 10.9. The van der Waals surface area contributed by atoms with Crippen LogP contribution in [0.5, 0.6) is 0 Å². The SMILES string of the molecule is Cc1cc(C(Cc2ccc(C(F)(F)F)cc2)NN)cs1. The van der Waals surface area contributed by atoms with Crippen LogP contribution >= 0.6 is 11.3 Å². The average molecular weight is 300 g/mol. The first kappa shape index (κ1) is 15.0. The van der Waals surface area contributed by atoms with Gasteiger partial charge < -0.3 is 0 Å². The van der Waals surface area contributed by atoms with Gasteiger partial charge in [-0.1, -0.05) is 12.1 Å². The number of benzene rings is 1. The minimum absolute atomic E-state index is 0.100. The molecule has 0 aliphatic carbocycles. The number of rotatable bonds is 4. The summed E-state index contributed by atoms with van der Waals surface area (Å²) in [6.45, 7) is 2.00. The maximum atomic E-state index is 12.5. The molecular formula is C14H15F3N2S. The normalized spacial score (nSPS) is 13.4. The first-order valence-electron chi connectivity index (χ1n) is 6.07. The topological polar surface area (TPSA) is 38.0 Å². The van der Waals surface area contributed by atoms with Crippen molar-refractivity contribution >= 4 is 11.3 Å². The number of hydrazine groups is 1. The first-order valence-corrected chi connectivity index (χ1v) is 6.95. The van der Waals surface area contributed by atoms with Gasteiger partial charge in [-0.15, -0.1) is 11.3 Å². The molecule has 1 aromatic heterocycles. The Labute approximate surface area is 119 Å². The second kappa shape index (κ2) is 5.95. The van der Waals surface area contributed by atoms with Crippen molar-refractivity contribution in [1.82, 2.24) is 5.43 Å². The predicted molar refractivity (Wildman–Crippen MR) is 74.3 cm³/mol. The van der Waals surface area contributed by atoms with E-state index >= 15 is 0 Å². The Kier molecular flexibility index (Phi) is 4.47. The number of alkyl halides is 3. The van der Waals surface area contributed by atoms with Crippen LogP contribution in [0.2, 0.25) is 0 Å². The number of aryl methyl sites for hydroxylation is 1. The van der Waals surface area contributed by atoms with E-state index in [1.54, 1.807) is 11.3 Å². The molecule has 0 saturated carbocycles. The molecule has 1 unspecified atom stereocenters. The van der Waals surface area contributed by atoms with E-state index in [4.69, 9.17) is 5.84 Å². The molecular weight excluding hydrogens is 285 g/mol. The van der Waals surface area contributed by atoms with Crippen molar-refractivity contribution in [2.45, 2.75) is 25.6 Å². The summed E-state index contributed by atoms with van der Waals surface area (Å²) in [5.74, 6) is 5.54. The molecule has 108 valence electrons. The fraction of sp³-hybridized carbons (Fsp3) is 0.286. The molecule has 2 rings (SSSR count). The average Bonchev–Trinajstić information content (AvgIpc) is 2.82. The molecule has 0 fully saturated rings. The third kappa shape index (κ3) is 3.59. The summed E-state index contributed by atoms with van der Waals surface area (Å²) >= 11 is 1.62. The molecule has 1 atom stereocenters. The number of halogens is 3. The number of thiophene rings is 1. The maximum Gasteiger partial charge on any atom is 0.416 e. The fourth-order valence-electron chi connectivity index (χ4n) is 1.98. The van der Waals surface area contributed by atoms with Crippen molar-refractivity contribution in [3.8, 4) is 0 Å². The lowest BCUT2D eigenvalue weighted by Gasteiger charge is -2.15. The molecule has 0 saturated heterocycles. The van der Waals surface area contributed by atoms with Crippen LogP contribution in [0.15, 0.2) is 35.7 Å². The molecule has 0 spiro atoms. The first-order chi connectivity index (χ1) is 9.40. The summed E-state index contributed by atoms with van der Waals surface area (Å²) in [6.07, 6.45) is -3.75. The standard InChI is InChI=1S/C14H15F3N2S/c1-9-6-11(8-20-9)13(19-18)7-10-2-4-12(5-3-10)14(15,16)17/h2-6,8,13,19H,7,18H2,1H3. The number of nitrogens with one attached hydrogen (secondary N) is 1. The number of hydrogen-bond acceptors (Lipinski definition) is 3. The van der Waals surface area contributed by atoms with Crippen molar-refractivity contribution in [2.24, 2.45) is 5.84 Å². The van der Waals surface area contributed by atoms with Crippen LogP contribution in [0, 0.1) is 6.92 Å². The van der Waals surface area contributed by atoms with Gasteiger partial charge in [0.1, 0.15) is 0 Å². The van der Waals surface area contributed by atoms with Gasteiger partial charge in [-0.3, -0.25) is 11.3 Å².